The maximum absolute atomic E-state index is 4.52. The van der Waals surface area contributed by atoms with Crippen molar-refractivity contribution < 1.29 is 0 Å². The van der Waals surface area contributed by atoms with Crippen LogP contribution in [0.4, 0.5) is 11.5 Å². The van der Waals surface area contributed by atoms with Gasteiger partial charge in [-0.25, -0.2) is 4.98 Å². The third-order valence-electron chi connectivity index (χ3n) is 3.80. The largest absolute Gasteiger partial charge is 0.339 e. The lowest BCUT2D eigenvalue weighted by atomic mass is 10.00. The lowest BCUT2D eigenvalue weighted by Gasteiger charge is -2.08. The van der Waals surface area contributed by atoms with Gasteiger partial charge in [0.15, 0.2) is 0 Å². The van der Waals surface area contributed by atoms with E-state index in [2.05, 4.69) is 63.8 Å². The lowest BCUT2D eigenvalue weighted by Crippen LogP contribution is -1.93. The van der Waals surface area contributed by atoms with Crippen molar-refractivity contribution in [1.29, 1.82) is 0 Å². The van der Waals surface area contributed by atoms with Crippen LogP contribution in [-0.2, 0) is 0 Å². The Kier molecular flexibility index (Phi) is 3.45. The molecule has 0 atom stereocenters. The van der Waals surface area contributed by atoms with Gasteiger partial charge in [0.2, 0.25) is 0 Å². The van der Waals surface area contributed by atoms with E-state index in [-0.39, 0.29) is 0 Å². The minimum absolute atomic E-state index is 0.807. The van der Waals surface area contributed by atoms with Crippen molar-refractivity contribution >= 4 is 22.3 Å². The molecule has 3 heteroatoms. The molecule has 4 rings (SSSR count). The van der Waals surface area contributed by atoms with Gasteiger partial charge in [-0.3, -0.25) is 4.98 Å². The molecule has 0 aliphatic rings. The molecule has 0 aliphatic carbocycles. The molecular formula is C20H15N3. The fourth-order valence-corrected chi connectivity index (χ4v) is 2.69. The van der Waals surface area contributed by atoms with Gasteiger partial charge in [-0.15, -0.1) is 0 Å². The number of hydrogen-bond acceptors (Lipinski definition) is 3. The van der Waals surface area contributed by atoms with Crippen molar-refractivity contribution in [2.45, 2.75) is 0 Å². The lowest BCUT2D eigenvalue weighted by molar-refractivity contribution is 1.28. The highest BCUT2D eigenvalue weighted by atomic mass is 15.0. The first-order valence-corrected chi connectivity index (χ1v) is 7.51. The van der Waals surface area contributed by atoms with Gasteiger partial charge in [0.25, 0.3) is 0 Å². The summed E-state index contributed by atoms with van der Waals surface area (Å²) in [7, 11) is 0. The van der Waals surface area contributed by atoms with E-state index in [4.69, 9.17) is 0 Å². The van der Waals surface area contributed by atoms with Gasteiger partial charge in [0, 0.05) is 18.0 Å². The zero-order valence-corrected chi connectivity index (χ0v) is 12.5. The van der Waals surface area contributed by atoms with Crippen LogP contribution in [0.15, 0.2) is 85.3 Å². The molecule has 0 saturated heterocycles. The molecule has 2 aromatic heterocycles. The Morgan fingerprint density at radius 3 is 2.48 bits per heavy atom. The molecule has 0 unspecified atom stereocenters. The van der Waals surface area contributed by atoms with Gasteiger partial charge < -0.3 is 5.32 Å². The number of anilines is 2. The summed E-state index contributed by atoms with van der Waals surface area (Å²) in [6.45, 7) is 0. The first-order valence-electron chi connectivity index (χ1n) is 7.51. The van der Waals surface area contributed by atoms with Gasteiger partial charge in [-0.05, 0) is 40.6 Å². The molecule has 0 saturated carbocycles. The van der Waals surface area contributed by atoms with Gasteiger partial charge in [-0.1, -0.05) is 42.5 Å². The van der Waals surface area contributed by atoms with Crippen molar-refractivity contribution in [3.63, 3.8) is 0 Å². The van der Waals surface area contributed by atoms with Crippen molar-refractivity contribution in [3.8, 4) is 11.1 Å². The number of hydrogen-bond donors (Lipinski definition) is 1. The molecule has 1 N–H and O–H groups in total. The zero-order chi connectivity index (χ0) is 15.5. The summed E-state index contributed by atoms with van der Waals surface area (Å²) in [4.78, 5) is 8.61. The predicted octanol–water partition coefficient (Wildman–Crippen LogP) is 5.04. The summed E-state index contributed by atoms with van der Waals surface area (Å²) in [5.74, 6) is 0.807. The van der Waals surface area contributed by atoms with Crippen LogP contribution in [0.3, 0.4) is 0 Å². The summed E-state index contributed by atoms with van der Waals surface area (Å²) < 4.78 is 0. The quantitative estimate of drug-likeness (QED) is 0.575. The molecule has 0 spiro atoms. The van der Waals surface area contributed by atoms with Crippen LogP contribution in [0, 0.1) is 0 Å². The van der Waals surface area contributed by atoms with E-state index in [0.29, 0.717) is 0 Å². The SMILES string of the molecule is c1cncc(Nc2ccc(-c3cccc4ccccc34)cn2)c1. The van der Waals surface area contributed by atoms with Crippen LogP contribution in [0.25, 0.3) is 21.9 Å². The van der Waals surface area contributed by atoms with Crippen LogP contribution in [0.5, 0.6) is 0 Å². The molecule has 0 aliphatic heterocycles. The van der Waals surface area contributed by atoms with Crippen LogP contribution in [-0.4, -0.2) is 9.97 Å². The molecule has 0 fully saturated rings. The molecule has 4 aromatic rings. The minimum atomic E-state index is 0.807. The van der Waals surface area contributed by atoms with Gasteiger partial charge in [-0.2, -0.15) is 0 Å². The Morgan fingerprint density at radius 2 is 1.65 bits per heavy atom. The van der Waals surface area contributed by atoms with E-state index >= 15 is 0 Å². The fourth-order valence-electron chi connectivity index (χ4n) is 2.69. The number of fused-ring (bicyclic) bond motifs is 1. The smallest absolute Gasteiger partial charge is 0.130 e. The highest BCUT2D eigenvalue weighted by Gasteiger charge is 2.04. The molecule has 0 bridgehead atoms. The van der Waals surface area contributed by atoms with Crippen molar-refractivity contribution in [2.75, 3.05) is 5.32 Å². The first kappa shape index (κ1) is 13.5. The van der Waals surface area contributed by atoms with Crippen molar-refractivity contribution in [2.24, 2.45) is 0 Å². The van der Waals surface area contributed by atoms with Gasteiger partial charge in [0.05, 0.1) is 11.9 Å². The normalized spacial score (nSPS) is 10.6. The Hall–Kier alpha value is -3.20. The van der Waals surface area contributed by atoms with Crippen molar-refractivity contribution in [1.82, 2.24) is 9.97 Å². The Labute approximate surface area is 134 Å². The standard InChI is InChI=1S/C20H15N3/c1-2-8-18-15(5-1)6-3-9-19(18)16-10-11-20(22-13-16)23-17-7-4-12-21-14-17/h1-14H,(H,22,23). The van der Waals surface area contributed by atoms with Crippen LogP contribution in [0.1, 0.15) is 0 Å². The molecule has 2 aromatic carbocycles. The summed E-state index contributed by atoms with van der Waals surface area (Å²) in [5.41, 5.74) is 3.24. The Morgan fingerprint density at radius 1 is 0.739 bits per heavy atom. The van der Waals surface area contributed by atoms with Gasteiger partial charge >= 0.3 is 0 Å². The molecule has 0 amide bonds. The number of pyridine rings is 2. The minimum Gasteiger partial charge on any atom is -0.339 e. The Bertz CT molecular complexity index is 926. The van der Waals surface area contributed by atoms with E-state index < -0.39 is 0 Å². The summed E-state index contributed by atoms with van der Waals surface area (Å²) >= 11 is 0. The van der Waals surface area contributed by atoms with Crippen LogP contribution in [0.2, 0.25) is 0 Å². The van der Waals surface area contributed by atoms with Crippen LogP contribution >= 0.6 is 0 Å². The zero-order valence-electron chi connectivity index (χ0n) is 12.5. The number of aromatic nitrogens is 2. The number of nitrogens with zero attached hydrogens (tertiary/aromatic N) is 2. The average molecular weight is 297 g/mol. The van der Waals surface area contributed by atoms with E-state index in [1.54, 1.807) is 12.4 Å². The third kappa shape index (κ3) is 2.77. The first-order chi connectivity index (χ1) is 11.4. The maximum atomic E-state index is 4.52. The topological polar surface area (TPSA) is 37.8 Å². The van der Waals surface area contributed by atoms with Crippen molar-refractivity contribution in [3.05, 3.63) is 85.3 Å². The molecule has 3 nitrogen and oxygen atoms in total. The van der Waals surface area contributed by atoms with E-state index in [0.717, 1.165) is 17.1 Å². The van der Waals surface area contributed by atoms with Crippen LogP contribution < -0.4 is 5.32 Å². The monoisotopic (exact) mass is 297 g/mol. The molecule has 2 heterocycles. The summed E-state index contributed by atoms with van der Waals surface area (Å²) in [5, 5.41) is 5.73. The second-order valence-corrected chi connectivity index (χ2v) is 5.33. The van der Waals surface area contributed by atoms with E-state index in [9.17, 15) is 0 Å². The molecular weight excluding hydrogens is 282 g/mol. The Balaban J connectivity index is 1.68. The maximum Gasteiger partial charge on any atom is 0.130 e. The fraction of sp³-hybridized carbons (Fsp3) is 0. The molecule has 0 radical (unpaired) electrons. The summed E-state index contributed by atoms with van der Waals surface area (Å²) in [6.07, 6.45) is 5.43. The highest BCUT2D eigenvalue weighted by Crippen LogP contribution is 2.28. The van der Waals surface area contributed by atoms with E-state index in [1.165, 1.54) is 16.3 Å². The second-order valence-electron chi connectivity index (χ2n) is 5.33. The molecule has 110 valence electrons. The van der Waals surface area contributed by atoms with E-state index in [1.807, 2.05) is 24.4 Å². The molecule has 23 heavy (non-hydrogen) atoms. The summed E-state index contributed by atoms with van der Waals surface area (Å²) in [6, 6.07) is 22.7. The second kappa shape index (κ2) is 5.89. The number of nitrogens with one attached hydrogen (secondary N) is 1. The van der Waals surface area contributed by atoms with Gasteiger partial charge in [0.1, 0.15) is 5.82 Å². The number of benzene rings is 2. The average Bonchev–Trinajstić information content (AvgIpc) is 2.63. The number of rotatable bonds is 3. The predicted molar refractivity (Wildman–Crippen MR) is 94.7 cm³/mol. The third-order valence-corrected chi connectivity index (χ3v) is 3.80. The highest BCUT2D eigenvalue weighted by molar-refractivity contribution is 5.96.